The molecule has 1 aromatic carbocycles. The largest absolute Gasteiger partial charge is 0.324 e. The second kappa shape index (κ2) is 7.46. The van der Waals surface area contributed by atoms with Crippen molar-refractivity contribution in [2.45, 2.75) is 37.9 Å². The number of aryl methyl sites for hydroxylation is 1. The van der Waals surface area contributed by atoms with Crippen LogP contribution in [0.3, 0.4) is 0 Å². The molecule has 0 unspecified atom stereocenters. The van der Waals surface area contributed by atoms with Crippen LogP contribution in [0.25, 0.3) is 0 Å². The summed E-state index contributed by atoms with van der Waals surface area (Å²) in [5.41, 5.74) is 2.73. The Hall–Kier alpha value is -1.70. The fourth-order valence-corrected chi connectivity index (χ4v) is 4.58. The summed E-state index contributed by atoms with van der Waals surface area (Å²) < 4.78 is 27.5. The first-order valence-corrected chi connectivity index (χ1v) is 10.0. The van der Waals surface area contributed by atoms with Crippen molar-refractivity contribution in [1.29, 1.82) is 0 Å². The lowest BCUT2D eigenvalue weighted by Crippen LogP contribution is -2.46. The Morgan fingerprint density at radius 3 is 2.42 bits per heavy atom. The fraction of sp³-hybridized carbons (Fsp3) is 0.353. The minimum atomic E-state index is -3.71. The molecule has 7 heteroatoms. The molecule has 1 amide bonds. The van der Waals surface area contributed by atoms with E-state index in [-0.39, 0.29) is 16.0 Å². The number of benzene rings is 1. The third kappa shape index (κ3) is 4.23. The lowest BCUT2D eigenvalue weighted by Gasteiger charge is -2.22. The monoisotopic (exact) mass is 366 g/mol. The summed E-state index contributed by atoms with van der Waals surface area (Å²) in [4.78, 5) is 12.6. The molecule has 0 aliphatic heterocycles. The highest BCUT2D eigenvalue weighted by Gasteiger charge is 2.29. The topological polar surface area (TPSA) is 75.3 Å². The molecule has 24 heavy (non-hydrogen) atoms. The van der Waals surface area contributed by atoms with Gasteiger partial charge in [-0.1, -0.05) is 32.0 Å². The Bertz CT molecular complexity index is 812. The van der Waals surface area contributed by atoms with Crippen LogP contribution in [0.1, 0.15) is 25.0 Å². The number of rotatable bonds is 6. The molecule has 0 radical (unpaired) electrons. The number of carbonyl (C=O) groups is 1. The number of hydrogen-bond donors (Lipinski definition) is 2. The summed E-state index contributed by atoms with van der Waals surface area (Å²) in [6, 6.07) is 7.97. The van der Waals surface area contributed by atoms with Crippen LogP contribution in [-0.2, 0) is 14.8 Å². The zero-order valence-electron chi connectivity index (χ0n) is 14.2. The molecular weight excluding hydrogens is 344 g/mol. The molecule has 0 fully saturated rings. The van der Waals surface area contributed by atoms with Crippen molar-refractivity contribution < 1.29 is 13.2 Å². The second-order valence-corrected chi connectivity index (χ2v) is 8.90. The van der Waals surface area contributed by atoms with Crippen LogP contribution < -0.4 is 10.0 Å². The first-order chi connectivity index (χ1) is 11.2. The number of thiophene rings is 1. The predicted molar refractivity (Wildman–Crippen MR) is 97.8 cm³/mol. The molecular formula is C17H22N2O3S2. The smallest absolute Gasteiger partial charge is 0.250 e. The van der Waals surface area contributed by atoms with Crippen LogP contribution in [-0.4, -0.2) is 20.4 Å². The molecule has 2 N–H and O–H groups in total. The highest BCUT2D eigenvalue weighted by Crippen LogP contribution is 2.20. The lowest BCUT2D eigenvalue weighted by molar-refractivity contribution is -0.118. The number of amides is 1. The second-order valence-electron chi connectivity index (χ2n) is 6.01. The quantitative estimate of drug-likeness (QED) is 0.823. The summed E-state index contributed by atoms with van der Waals surface area (Å²) in [6.07, 6.45) is 0. The van der Waals surface area contributed by atoms with Crippen molar-refractivity contribution in [2.24, 2.45) is 5.92 Å². The molecule has 2 aromatic rings. The van der Waals surface area contributed by atoms with Crippen molar-refractivity contribution in [3.63, 3.8) is 0 Å². The Balaban J connectivity index is 2.21. The predicted octanol–water partition coefficient (Wildman–Crippen LogP) is 3.31. The van der Waals surface area contributed by atoms with Gasteiger partial charge in [-0.25, -0.2) is 8.42 Å². The van der Waals surface area contributed by atoms with Gasteiger partial charge in [0, 0.05) is 5.69 Å². The first-order valence-electron chi connectivity index (χ1n) is 7.65. The van der Waals surface area contributed by atoms with Gasteiger partial charge in [-0.2, -0.15) is 4.72 Å². The summed E-state index contributed by atoms with van der Waals surface area (Å²) in [5.74, 6) is -0.552. The van der Waals surface area contributed by atoms with Crippen LogP contribution in [0.2, 0.25) is 0 Å². The van der Waals surface area contributed by atoms with Gasteiger partial charge in [0.25, 0.3) is 10.0 Å². The normalized spacial score (nSPS) is 13.0. The van der Waals surface area contributed by atoms with Crippen LogP contribution in [0.5, 0.6) is 0 Å². The van der Waals surface area contributed by atoms with Crippen molar-refractivity contribution in [3.8, 4) is 0 Å². The van der Waals surface area contributed by atoms with Gasteiger partial charge in [-0.15, -0.1) is 11.3 Å². The Morgan fingerprint density at radius 2 is 1.83 bits per heavy atom. The number of anilines is 1. The van der Waals surface area contributed by atoms with E-state index in [1.54, 1.807) is 11.4 Å². The average molecular weight is 367 g/mol. The molecule has 1 heterocycles. The van der Waals surface area contributed by atoms with Gasteiger partial charge in [-0.3, -0.25) is 4.79 Å². The van der Waals surface area contributed by atoms with Gasteiger partial charge >= 0.3 is 0 Å². The molecule has 2 rings (SSSR count). The van der Waals surface area contributed by atoms with Crippen LogP contribution in [0.15, 0.2) is 39.9 Å². The summed E-state index contributed by atoms with van der Waals surface area (Å²) in [5, 5.41) is 4.53. The standard InChI is InChI=1S/C17H22N2O3S2/c1-11(2)16(19-24(21,22)15-9-6-10-23-15)17(20)18-14-8-5-7-12(3)13(14)4/h5-11,16,19H,1-4H3,(H,18,20)/t16-/m0/s1. The van der Waals surface area contributed by atoms with Gasteiger partial charge in [0.15, 0.2) is 0 Å². The van der Waals surface area contributed by atoms with E-state index in [2.05, 4.69) is 10.0 Å². The molecule has 0 saturated heterocycles. The zero-order chi connectivity index (χ0) is 17.9. The van der Waals surface area contributed by atoms with Gasteiger partial charge < -0.3 is 5.32 Å². The maximum atomic E-state index is 12.6. The third-order valence-corrected chi connectivity index (χ3v) is 6.69. The first kappa shape index (κ1) is 18.6. The third-order valence-electron chi connectivity index (χ3n) is 3.85. The van der Waals surface area contributed by atoms with Crippen LogP contribution in [0, 0.1) is 19.8 Å². The summed E-state index contributed by atoms with van der Waals surface area (Å²) >= 11 is 1.12. The molecule has 130 valence electrons. The van der Waals surface area contributed by atoms with Crippen molar-refractivity contribution in [2.75, 3.05) is 5.32 Å². The highest BCUT2D eigenvalue weighted by molar-refractivity contribution is 7.91. The van der Waals surface area contributed by atoms with Gasteiger partial charge in [0.2, 0.25) is 5.91 Å². The van der Waals surface area contributed by atoms with Gasteiger partial charge in [0.1, 0.15) is 10.3 Å². The number of nitrogens with one attached hydrogen (secondary N) is 2. The molecule has 1 atom stereocenters. The lowest BCUT2D eigenvalue weighted by atomic mass is 10.0. The SMILES string of the molecule is Cc1cccc(NC(=O)[C@@H](NS(=O)(=O)c2cccs2)C(C)C)c1C. The summed E-state index contributed by atoms with van der Waals surface area (Å²) in [6.45, 7) is 7.50. The van der Waals surface area contributed by atoms with Gasteiger partial charge in [-0.05, 0) is 48.4 Å². The van der Waals surface area contributed by atoms with Crippen molar-refractivity contribution >= 4 is 33.0 Å². The Morgan fingerprint density at radius 1 is 1.12 bits per heavy atom. The number of carbonyl (C=O) groups excluding carboxylic acids is 1. The van der Waals surface area contributed by atoms with Crippen molar-refractivity contribution in [1.82, 2.24) is 4.72 Å². The average Bonchev–Trinajstić information content (AvgIpc) is 3.04. The molecule has 0 spiro atoms. The van der Waals surface area contributed by atoms with Crippen LogP contribution in [0.4, 0.5) is 5.69 Å². The van der Waals surface area contributed by atoms with Gasteiger partial charge in [0.05, 0.1) is 0 Å². The van der Waals surface area contributed by atoms with E-state index in [0.29, 0.717) is 5.69 Å². The van der Waals surface area contributed by atoms with E-state index in [0.717, 1.165) is 22.5 Å². The highest BCUT2D eigenvalue weighted by atomic mass is 32.2. The van der Waals surface area contributed by atoms with E-state index in [4.69, 9.17) is 0 Å². The number of sulfonamides is 1. The Kier molecular flexibility index (Phi) is 5.79. The molecule has 0 aliphatic rings. The summed E-state index contributed by atoms with van der Waals surface area (Å²) in [7, 11) is -3.71. The molecule has 0 aliphatic carbocycles. The van der Waals surface area contributed by atoms with E-state index in [9.17, 15) is 13.2 Å². The van der Waals surface area contributed by atoms with E-state index in [1.165, 1.54) is 6.07 Å². The van der Waals surface area contributed by atoms with E-state index >= 15 is 0 Å². The molecule has 1 aromatic heterocycles. The fourth-order valence-electron chi connectivity index (χ4n) is 2.23. The maximum absolute atomic E-state index is 12.6. The zero-order valence-corrected chi connectivity index (χ0v) is 15.8. The Labute approximate surface area is 147 Å². The number of hydrogen-bond acceptors (Lipinski definition) is 4. The minimum Gasteiger partial charge on any atom is -0.324 e. The van der Waals surface area contributed by atoms with E-state index in [1.807, 2.05) is 45.9 Å². The van der Waals surface area contributed by atoms with Crippen molar-refractivity contribution in [3.05, 3.63) is 46.8 Å². The minimum absolute atomic E-state index is 0.190. The van der Waals surface area contributed by atoms with E-state index < -0.39 is 16.1 Å². The molecule has 0 bridgehead atoms. The molecule has 5 nitrogen and oxygen atoms in total. The molecule has 0 saturated carbocycles. The van der Waals surface area contributed by atoms with Crippen LogP contribution >= 0.6 is 11.3 Å². The maximum Gasteiger partial charge on any atom is 0.250 e.